The van der Waals surface area contributed by atoms with E-state index in [1.807, 2.05) is 18.2 Å². The zero-order chi connectivity index (χ0) is 16.2. The Balaban J connectivity index is 1.95. The monoisotopic (exact) mass is 326 g/mol. The molecule has 1 aliphatic heterocycles. The lowest BCUT2D eigenvalue weighted by Crippen LogP contribution is -2.10. The van der Waals surface area contributed by atoms with Crippen LogP contribution in [-0.4, -0.2) is 24.8 Å². The van der Waals surface area contributed by atoms with Gasteiger partial charge in [-0.3, -0.25) is 0 Å². The zero-order valence-corrected chi connectivity index (χ0v) is 13.7. The predicted octanol–water partition coefficient (Wildman–Crippen LogP) is 2.81. The highest BCUT2D eigenvalue weighted by atomic mass is 32.2. The van der Waals surface area contributed by atoms with Gasteiger partial charge < -0.3 is 14.6 Å². The van der Waals surface area contributed by atoms with Crippen LogP contribution in [0.5, 0.6) is 5.75 Å². The Morgan fingerprint density at radius 2 is 2.13 bits per heavy atom. The molecule has 118 valence electrons. The van der Waals surface area contributed by atoms with Crippen molar-refractivity contribution in [1.82, 2.24) is 5.32 Å². The van der Waals surface area contributed by atoms with E-state index in [0.717, 1.165) is 30.8 Å². The molecule has 0 radical (unpaired) electrons. The number of nitriles is 1. The van der Waals surface area contributed by atoms with Gasteiger partial charge in [0, 0.05) is 29.7 Å². The molecule has 2 unspecified atom stereocenters. The number of nitrogens with one attached hydrogen (secondary N) is 1. The fraction of sp³-hybridized carbons (Fsp3) is 0.278. The summed E-state index contributed by atoms with van der Waals surface area (Å²) in [5.41, 5.74) is 1.58. The second-order valence-electron chi connectivity index (χ2n) is 5.47. The Bertz CT molecular complexity index is 736. The van der Waals surface area contributed by atoms with Crippen LogP contribution < -0.4 is 10.1 Å². The molecule has 0 saturated carbocycles. The zero-order valence-electron chi connectivity index (χ0n) is 12.9. The van der Waals surface area contributed by atoms with Gasteiger partial charge in [0.05, 0.1) is 7.11 Å². The summed E-state index contributed by atoms with van der Waals surface area (Å²) >= 11 is -1.40. The van der Waals surface area contributed by atoms with E-state index in [-0.39, 0.29) is 0 Å². The minimum atomic E-state index is -1.40. The van der Waals surface area contributed by atoms with Crippen LogP contribution in [0.4, 0.5) is 0 Å². The van der Waals surface area contributed by atoms with Gasteiger partial charge in [-0.25, -0.2) is 0 Å². The topological polar surface area (TPSA) is 68.1 Å². The van der Waals surface area contributed by atoms with Crippen LogP contribution in [0.25, 0.3) is 0 Å². The Morgan fingerprint density at radius 1 is 1.30 bits per heavy atom. The van der Waals surface area contributed by atoms with E-state index >= 15 is 0 Å². The third-order valence-electron chi connectivity index (χ3n) is 4.13. The third-order valence-corrected chi connectivity index (χ3v) is 5.56. The number of hydrogen-bond donors (Lipinski definition) is 1. The molecule has 0 aromatic heterocycles. The van der Waals surface area contributed by atoms with E-state index in [4.69, 9.17) is 4.74 Å². The van der Waals surface area contributed by atoms with Crippen LogP contribution in [-0.2, 0) is 11.2 Å². The Hall–Kier alpha value is -2.00. The Kier molecular flexibility index (Phi) is 4.87. The Labute approximate surface area is 139 Å². The van der Waals surface area contributed by atoms with Crippen molar-refractivity contribution in [1.29, 1.82) is 5.26 Å². The molecule has 0 amide bonds. The molecular weight excluding hydrogens is 308 g/mol. The summed E-state index contributed by atoms with van der Waals surface area (Å²) in [4.78, 5) is 1.19. The highest BCUT2D eigenvalue weighted by Gasteiger charge is 2.24. The molecule has 3 rings (SSSR count). The van der Waals surface area contributed by atoms with E-state index in [0.29, 0.717) is 21.3 Å². The van der Waals surface area contributed by atoms with Gasteiger partial charge in [0.25, 0.3) is 0 Å². The lowest BCUT2D eigenvalue weighted by Gasteiger charge is -2.16. The van der Waals surface area contributed by atoms with E-state index in [9.17, 15) is 9.81 Å². The normalized spacial score (nSPS) is 18.4. The van der Waals surface area contributed by atoms with Gasteiger partial charge in [-0.2, -0.15) is 5.26 Å². The van der Waals surface area contributed by atoms with E-state index < -0.39 is 11.2 Å². The molecule has 4 nitrogen and oxygen atoms in total. The number of methoxy groups -OCH3 is 1. The van der Waals surface area contributed by atoms with Gasteiger partial charge in [0.1, 0.15) is 17.4 Å². The smallest absolute Gasteiger partial charge is 0.176 e. The van der Waals surface area contributed by atoms with E-state index in [1.54, 1.807) is 31.4 Å². The molecule has 2 aromatic carbocycles. The minimum Gasteiger partial charge on any atom is -0.606 e. The van der Waals surface area contributed by atoms with Crippen LogP contribution in [0.15, 0.2) is 52.3 Å². The summed E-state index contributed by atoms with van der Waals surface area (Å²) in [6.45, 7) is 1.95. The van der Waals surface area contributed by atoms with Crippen molar-refractivity contribution in [3.05, 3.63) is 53.6 Å². The Morgan fingerprint density at radius 3 is 2.83 bits per heavy atom. The van der Waals surface area contributed by atoms with Crippen molar-refractivity contribution in [3.8, 4) is 11.8 Å². The quantitative estimate of drug-likeness (QED) is 0.877. The summed E-state index contributed by atoms with van der Waals surface area (Å²) < 4.78 is 18.3. The number of nitrogens with zero attached hydrogens (tertiary/aromatic N) is 1. The fourth-order valence-electron chi connectivity index (χ4n) is 2.91. The van der Waals surface area contributed by atoms with E-state index in [1.165, 1.54) is 0 Å². The lowest BCUT2D eigenvalue weighted by molar-refractivity contribution is 0.405. The maximum Gasteiger partial charge on any atom is 0.176 e. The summed E-state index contributed by atoms with van der Waals surface area (Å²) in [7, 11) is 1.64. The van der Waals surface area contributed by atoms with Gasteiger partial charge >= 0.3 is 0 Å². The summed E-state index contributed by atoms with van der Waals surface area (Å²) in [5.74, 6) is 1.19. The molecule has 2 atom stereocenters. The number of rotatable bonds is 4. The molecule has 2 aromatic rings. The second-order valence-corrected chi connectivity index (χ2v) is 6.92. The molecule has 0 bridgehead atoms. The molecule has 5 heteroatoms. The second kappa shape index (κ2) is 7.05. The van der Waals surface area contributed by atoms with Crippen molar-refractivity contribution in [3.63, 3.8) is 0 Å². The van der Waals surface area contributed by atoms with E-state index in [2.05, 4.69) is 11.4 Å². The predicted molar refractivity (Wildman–Crippen MR) is 89.1 cm³/mol. The number of benzene rings is 2. The van der Waals surface area contributed by atoms with Crippen LogP contribution in [0.2, 0.25) is 0 Å². The third kappa shape index (κ3) is 3.20. The first-order chi connectivity index (χ1) is 11.2. The molecule has 1 fully saturated rings. The summed E-state index contributed by atoms with van der Waals surface area (Å²) in [6, 6.07) is 14.8. The molecule has 0 aliphatic carbocycles. The molecule has 1 aliphatic rings. The molecule has 1 N–H and O–H groups in total. The van der Waals surface area contributed by atoms with Crippen LogP contribution >= 0.6 is 0 Å². The minimum absolute atomic E-state index is 0.429. The maximum atomic E-state index is 12.8. The van der Waals surface area contributed by atoms with Crippen LogP contribution in [0.1, 0.15) is 23.5 Å². The first-order valence-corrected chi connectivity index (χ1v) is 8.69. The average molecular weight is 326 g/mol. The average Bonchev–Trinajstić information content (AvgIpc) is 3.15. The number of hydrogen-bond acceptors (Lipinski definition) is 4. The van der Waals surface area contributed by atoms with Crippen LogP contribution in [0.3, 0.4) is 0 Å². The highest BCUT2D eigenvalue weighted by molar-refractivity contribution is 7.91. The summed E-state index contributed by atoms with van der Waals surface area (Å²) in [5, 5.41) is 12.5. The van der Waals surface area contributed by atoms with Gasteiger partial charge in [-0.1, -0.05) is 18.2 Å². The van der Waals surface area contributed by atoms with Crippen LogP contribution in [0, 0.1) is 11.3 Å². The number of ether oxygens (including phenoxy) is 1. The standard InChI is InChI=1S/C18H18N2O2S/c1-22-17-10-15(6-7-16(17)14-8-9-20-12-14)23(21)18-5-3-2-4-13(18)11-19/h2-7,10,14,20H,8-9,12H2,1H3. The molecular formula is C18H18N2O2S. The first kappa shape index (κ1) is 15.9. The summed E-state index contributed by atoms with van der Waals surface area (Å²) in [6.07, 6.45) is 1.08. The highest BCUT2D eigenvalue weighted by Crippen LogP contribution is 2.34. The lowest BCUT2D eigenvalue weighted by atomic mass is 9.97. The largest absolute Gasteiger partial charge is 0.606 e. The van der Waals surface area contributed by atoms with Gasteiger partial charge in [-0.15, -0.1) is 0 Å². The van der Waals surface area contributed by atoms with Crippen molar-refractivity contribution < 1.29 is 9.29 Å². The van der Waals surface area contributed by atoms with Crippen molar-refractivity contribution >= 4 is 11.2 Å². The molecule has 1 saturated heterocycles. The van der Waals surface area contributed by atoms with Crippen molar-refractivity contribution in [2.24, 2.45) is 0 Å². The van der Waals surface area contributed by atoms with Crippen molar-refractivity contribution in [2.75, 3.05) is 20.2 Å². The fourth-order valence-corrected chi connectivity index (χ4v) is 4.09. The SMILES string of the molecule is COc1cc([S+]([O-])c2ccccc2C#N)ccc1C1CCNC1. The van der Waals surface area contributed by atoms with Gasteiger partial charge in [-0.05, 0) is 36.7 Å². The first-order valence-electron chi connectivity index (χ1n) is 7.54. The maximum absolute atomic E-state index is 12.8. The van der Waals surface area contributed by atoms with Gasteiger partial charge in [0.15, 0.2) is 9.79 Å². The van der Waals surface area contributed by atoms with Crippen molar-refractivity contribution in [2.45, 2.75) is 22.1 Å². The van der Waals surface area contributed by atoms with Gasteiger partial charge in [0.2, 0.25) is 0 Å². The molecule has 1 heterocycles. The molecule has 23 heavy (non-hydrogen) atoms. The molecule has 0 spiro atoms.